The van der Waals surface area contributed by atoms with Crippen LogP contribution in [0.5, 0.6) is 0 Å². The minimum absolute atomic E-state index is 0.660. The molecule has 0 N–H and O–H groups in total. The molecule has 1 aliphatic carbocycles. The van der Waals surface area contributed by atoms with E-state index >= 15 is 0 Å². The van der Waals surface area contributed by atoms with E-state index in [9.17, 15) is 0 Å². The van der Waals surface area contributed by atoms with Gasteiger partial charge in [-0.05, 0) is 68.1 Å². The molecule has 1 atom stereocenters. The van der Waals surface area contributed by atoms with E-state index in [0.717, 1.165) is 12.3 Å². The van der Waals surface area contributed by atoms with E-state index in [-0.39, 0.29) is 0 Å². The third kappa shape index (κ3) is 4.75. The van der Waals surface area contributed by atoms with E-state index in [1.165, 1.54) is 30.6 Å². The van der Waals surface area contributed by atoms with Crippen LogP contribution in [0.1, 0.15) is 88.0 Å². The molecule has 23 heavy (non-hydrogen) atoms. The molecule has 2 heteroatoms. The van der Waals surface area contributed by atoms with Gasteiger partial charge in [0.1, 0.15) is 0 Å². The third-order valence-electron chi connectivity index (χ3n) is 5.85. The minimum Gasteiger partial charge on any atom is -0.546 e. The highest BCUT2D eigenvalue weighted by Gasteiger charge is 2.48. The molecule has 1 aliphatic rings. The highest BCUT2D eigenvalue weighted by atomic mass is 28.4. The Morgan fingerprint density at radius 1 is 1.09 bits per heavy atom. The zero-order valence-corrected chi connectivity index (χ0v) is 18.1. The van der Waals surface area contributed by atoms with E-state index in [4.69, 9.17) is 4.43 Å². The lowest BCUT2D eigenvalue weighted by molar-refractivity contribution is 0.358. The molecule has 1 rings (SSSR count). The summed E-state index contributed by atoms with van der Waals surface area (Å²) in [6.07, 6.45) is 7.31. The van der Waals surface area contributed by atoms with E-state index < -0.39 is 8.32 Å². The normalized spacial score (nSPS) is 19.2. The molecule has 1 nitrogen and oxygen atoms in total. The van der Waals surface area contributed by atoms with Crippen molar-refractivity contribution in [3.63, 3.8) is 0 Å². The Morgan fingerprint density at radius 3 is 2.04 bits per heavy atom. The zero-order valence-electron chi connectivity index (χ0n) is 17.1. The van der Waals surface area contributed by atoms with Gasteiger partial charge in [-0.3, -0.25) is 0 Å². The number of rotatable bonds is 8. The van der Waals surface area contributed by atoms with Crippen LogP contribution in [0.4, 0.5) is 0 Å². The number of allylic oxidation sites excluding steroid dienone is 4. The molecule has 0 aromatic heterocycles. The summed E-state index contributed by atoms with van der Waals surface area (Å²) in [4.78, 5) is 0. The van der Waals surface area contributed by atoms with Crippen LogP contribution in [-0.2, 0) is 4.43 Å². The second kappa shape index (κ2) is 8.55. The highest BCUT2D eigenvalue weighted by molar-refractivity contribution is 6.77. The van der Waals surface area contributed by atoms with Gasteiger partial charge in [0.2, 0.25) is 0 Å². The Balaban J connectivity index is 2.92. The second-order valence-corrected chi connectivity index (χ2v) is 14.0. The maximum atomic E-state index is 6.96. The fourth-order valence-corrected chi connectivity index (χ4v) is 9.98. The Hall–Kier alpha value is -0.503. The summed E-state index contributed by atoms with van der Waals surface area (Å²) in [5, 5.41) is 0. The summed E-state index contributed by atoms with van der Waals surface area (Å²) >= 11 is 0. The van der Waals surface area contributed by atoms with Crippen molar-refractivity contribution in [2.75, 3.05) is 0 Å². The Labute approximate surface area is 146 Å². The van der Waals surface area contributed by atoms with Crippen LogP contribution in [0.3, 0.4) is 0 Å². The molecule has 0 aromatic carbocycles. The van der Waals surface area contributed by atoms with Gasteiger partial charge in [-0.1, -0.05) is 53.2 Å². The van der Waals surface area contributed by atoms with E-state index in [0.29, 0.717) is 16.6 Å². The smallest absolute Gasteiger partial charge is 0.258 e. The van der Waals surface area contributed by atoms with Gasteiger partial charge >= 0.3 is 0 Å². The van der Waals surface area contributed by atoms with Crippen LogP contribution in [0.25, 0.3) is 0 Å². The van der Waals surface area contributed by atoms with Crippen molar-refractivity contribution in [3.8, 4) is 0 Å². The van der Waals surface area contributed by atoms with Crippen LogP contribution in [0.2, 0.25) is 16.6 Å². The first-order chi connectivity index (χ1) is 10.6. The third-order valence-corrected chi connectivity index (χ3v) is 11.9. The topological polar surface area (TPSA) is 9.23 Å². The van der Waals surface area contributed by atoms with Crippen LogP contribution < -0.4 is 0 Å². The molecule has 0 heterocycles. The lowest BCUT2D eigenvalue weighted by Crippen LogP contribution is -2.47. The number of hydrogen-bond acceptors (Lipinski definition) is 1. The summed E-state index contributed by atoms with van der Waals surface area (Å²) in [6.45, 7) is 21.0. The van der Waals surface area contributed by atoms with Crippen LogP contribution in [0.15, 0.2) is 23.0 Å². The van der Waals surface area contributed by atoms with Gasteiger partial charge in [0.25, 0.3) is 8.32 Å². The molecular formula is C21H40OSi. The van der Waals surface area contributed by atoms with Gasteiger partial charge in [0.15, 0.2) is 0 Å². The van der Waals surface area contributed by atoms with Gasteiger partial charge in [0, 0.05) is 6.42 Å². The van der Waals surface area contributed by atoms with Crippen molar-refractivity contribution in [1.29, 1.82) is 0 Å². The molecule has 0 fully saturated rings. The molecule has 0 aliphatic heterocycles. The molecule has 0 amide bonds. The van der Waals surface area contributed by atoms with Crippen molar-refractivity contribution in [1.82, 2.24) is 0 Å². The molecule has 0 spiro atoms. The van der Waals surface area contributed by atoms with Gasteiger partial charge in [-0.15, -0.1) is 0 Å². The first-order valence-electron chi connectivity index (χ1n) is 9.64. The summed E-state index contributed by atoms with van der Waals surface area (Å²) < 4.78 is 6.96. The first-order valence-corrected chi connectivity index (χ1v) is 11.8. The summed E-state index contributed by atoms with van der Waals surface area (Å²) in [5.41, 5.74) is 4.96. The summed E-state index contributed by atoms with van der Waals surface area (Å²) in [7, 11) is -1.78. The van der Waals surface area contributed by atoms with Crippen molar-refractivity contribution >= 4 is 8.32 Å². The van der Waals surface area contributed by atoms with Gasteiger partial charge in [-0.2, -0.15) is 0 Å². The Kier molecular flexibility index (Phi) is 7.64. The quantitative estimate of drug-likeness (QED) is 0.327. The number of hydrogen-bond donors (Lipinski definition) is 0. The molecule has 0 saturated heterocycles. The lowest BCUT2D eigenvalue weighted by Gasteiger charge is -2.43. The van der Waals surface area contributed by atoms with E-state index in [1.807, 2.05) is 0 Å². The monoisotopic (exact) mass is 336 g/mol. The summed E-state index contributed by atoms with van der Waals surface area (Å²) in [5.74, 6) is 2.09. The van der Waals surface area contributed by atoms with Gasteiger partial charge in [0.05, 0.1) is 5.76 Å². The van der Waals surface area contributed by atoms with Gasteiger partial charge in [-0.25, -0.2) is 0 Å². The van der Waals surface area contributed by atoms with Crippen LogP contribution in [0, 0.1) is 5.92 Å². The molecule has 0 bridgehead atoms. The summed E-state index contributed by atoms with van der Waals surface area (Å²) in [6, 6.07) is 0. The highest BCUT2D eigenvalue weighted by Crippen LogP contribution is 2.46. The average molecular weight is 337 g/mol. The molecule has 134 valence electrons. The van der Waals surface area contributed by atoms with Crippen molar-refractivity contribution in [2.45, 2.75) is 105 Å². The zero-order chi connectivity index (χ0) is 17.8. The largest absolute Gasteiger partial charge is 0.546 e. The minimum atomic E-state index is -1.78. The lowest BCUT2D eigenvalue weighted by atomic mass is 9.96. The SMILES string of the molecule is CC(C)=CCCC1CCC(O[Si](C(C)C)(C(C)C)C(C)C)=C1C. The van der Waals surface area contributed by atoms with Gasteiger partial charge < -0.3 is 4.43 Å². The Morgan fingerprint density at radius 2 is 1.61 bits per heavy atom. The predicted molar refractivity (Wildman–Crippen MR) is 106 cm³/mol. The Bertz CT molecular complexity index is 417. The average Bonchev–Trinajstić information content (AvgIpc) is 2.75. The molecule has 0 saturated carbocycles. The fourth-order valence-electron chi connectivity index (χ4n) is 4.58. The maximum absolute atomic E-state index is 6.96. The maximum Gasteiger partial charge on any atom is 0.258 e. The van der Waals surface area contributed by atoms with Crippen molar-refractivity contribution < 1.29 is 4.43 Å². The van der Waals surface area contributed by atoms with Crippen LogP contribution in [-0.4, -0.2) is 8.32 Å². The first kappa shape index (κ1) is 20.5. The second-order valence-electron chi connectivity index (χ2n) is 8.62. The fraction of sp³-hybridized carbons (Fsp3) is 0.810. The van der Waals surface area contributed by atoms with E-state index in [1.54, 1.807) is 5.57 Å². The molecular weight excluding hydrogens is 296 g/mol. The van der Waals surface area contributed by atoms with Crippen LogP contribution >= 0.6 is 0 Å². The van der Waals surface area contributed by atoms with Crippen molar-refractivity contribution in [3.05, 3.63) is 23.0 Å². The predicted octanol–water partition coefficient (Wildman–Crippen LogP) is 7.61. The standard InChI is InChI=1S/C21H40OSi/c1-15(2)11-10-12-20-13-14-21(19(20)9)22-23(16(3)4,17(5)6)18(7)8/h11,16-18,20H,10,12-14H2,1-9H3. The molecule has 0 radical (unpaired) electrons. The van der Waals surface area contributed by atoms with Crippen molar-refractivity contribution in [2.24, 2.45) is 5.92 Å². The molecule has 1 unspecified atom stereocenters. The van der Waals surface area contributed by atoms with E-state index in [2.05, 4.69) is 68.4 Å². The molecule has 0 aromatic rings.